The molecule has 4 heteroatoms. The molecule has 1 unspecified atom stereocenters. The van der Waals surface area contributed by atoms with Gasteiger partial charge in [0, 0.05) is 18.2 Å². The molecule has 0 saturated heterocycles. The van der Waals surface area contributed by atoms with Crippen molar-refractivity contribution in [3.05, 3.63) is 35.4 Å². The number of amidine groups is 1. The Balaban J connectivity index is 2.59. The van der Waals surface area contributed by atoms with Gasteiger partial charge >= 0.3 is 0 Å². The van der Waals surface area contributed by atoms with E-state index in [9.17, 15) is 0 Å². The van der Waals surface area contributed by atoms with Crippen LogP contribution >= 0.6 is 0 Å². The van der Waals surface area contributed by atoms with Gasteiger partial charge < -0.3 is 16.3 Å². The maximum Gasteiger partial charge on any atom is 0.170 e. The molecular weight excluding hydrogens is 226 g/mol. The van der Waals surface area contributed by atoms with Crippen molar-refractivity contribution in [3.8, 4) is 0 Å². The molecule has 1 aromatic rings. The third-order valence-corrected chi connectivity index (χ3v) is 3.17. The molecular formula is C14H23N3O. The molecule has 1 aromatic carbocycles. The lowest BCUT2D eigenvalue weighted by molar-refractivity contribution is 0.318. The van der Waals surface area contributed by atoms with Gasteiger partial charge in [-0.2, -0.15) is 0 Å². The number of hydrogen-bond donors (Lipinski definition) is 3. The van der Waals surface area contributed by atoms with E-state index in [1.807, 2.05) is 24.3 Å². The van der Waals surface area contributed by atoms with Gasteiger partial charge in [-0.05, 0) is 17.9 Å². The molecule has 0 aliphatic heterocycles. The topological polar surface area (TPSA) is 70.6 Å². The van der Waals surface area contributed by atoms with E-state index in [1.54, 1.807) is 0 Å². The van der Waals surface area contributed by atoms with Crippen molar-refractivity contribution in [2.24, 2.45) is 16.8 Å². The Labute approximate surface area is 109 Å². The van der Waals surface area contributed by atoms with Crippen LogP contribution in [0.2, 0.25) is 0 Å². The summed E-state index contributed by atoms with van der Waals surface area (Å²) in [6.45, 7) is 7.48. The largest absolute Gasteiger partial charge is 0.409 e. The summed E-state index contributed by atoms with van der Waals surface area (Å²) in [6.07, 6.45) is 1.12. The van der Waals surface area contributed by atoms with Gasteiger partial charge in [0.15, 0.2) is 5.84 Å². The summed E-state index contributed by atoms with van der Waals surface area (Å²) < 4.78 is 0. The van der Waals surface area contributed by atoms with Gasteiger partial charge in [-0.1, -0.05) is 50.2 Å². The minimum absolute atomic E-state index is 0.142. The summed E-state index contributed by atoms with van der Waals surface area (Å²) in [6, 6.07) is 8.25. The van der Waals surface area contributed by atoms with Gasteiger partial charge in [0.05, 0.1) is 0 Å². The second-order valence-corrected chi connectivity index (χ2v) is 4.82. The first-order chi connectivity index (χ1) is 8.58. The Kier molecular flexibility index (Phi) is 5.65. The van der Waals surface area contributed by atoms with E-state index in [0.717, 1.165) is 18.5 Å². The lowest BCUT2D eigenvalue weighted by Gasteiger charge is -2.20. The van der Waals surface area contributed by atoms with E-state index < -0.39 is 0 Å². The zero-order valence-corrected chi connectivity index (χ0v) is 11.4. The Morgan fingerprint density at radius 1 is 1.33 bits per heavy atom. The number of nitrogens with one attached hydrogen (secondary N) is 1. The number of hydrogen-bond acceptors (Lipinski definition) is 3. The van der Waals surface area contributed by atoms with Gasteiger partial charge in [-0.15, -0.1) is 0 Å². The molecule has 0 aliphatic carbocycles. The first-order valence-electron chi connectivity index (χ1n) is 6.38. The molecule has 0 aliphatic rings. The molecule has 0 heterocycles. The van der Waals surface area contributed by atoms with E-state index in [4.69, 9.17) is 10.9 Å². The second kappa shape index (κ2) is 7.01. The Hall–Kier alpha value is -1.55. The highest BCUT2D eigenvalue weighted by atomic mass is 16.4. The summed E-state index contributed by atoms with van der Waals surface area (Å²) in [5.74, 6) is 0.773. The zero-order chi connectivity index (χ0) is 13.5. The van der Waals surface area contributed by atoms with E-state index >= 15 is 0 Å². The van der Waals surface area contributed by atoms with Crippen LogP contribution in [0.1, 0.15) is 38.3 Å². The fraction of sp³-hybridized carbons (Fsp3) is 0.500. The van der Waals surface area contributed by atoms with Crippen LogP contribution < -0.4 is 11.1 Å². The van der Waals surface area contributed by atoms with E-state index in [0.29, 0.717) is 12.0 Å². The maximum atomic E-state index is 8.58. The maximum absolute atomic E-state index is 8.58. The predicted octanol–water partition coefficient (Wildman–Crippen LogP) is 2.31. The van der Waals surface area contributed by atoms with E-state index in [2.05, 4.69) is 31.2 Å². The zero-order valence-electron chi connectivity index (χ0n) is 11.4. The van der Waals surface area contributed by atoms with Gasteiger partial charge in [0.1, 0.15) is 0 Å². The van der Waals surface area contributed by atoms with Crippen molar-refractivity contribution in [2.45, 2.75) is 39.8 Å². The van der Waals surface area contributed by atoms with Crippen LogP contribution in [0.5, 0.6) is 0 Å². The summed E-state index contributed by atoms with van der Waals surface area (Å²) in [7, 11) is 0. The molecule has 0 fully saturated rings. The quantitative estimate of drug-likeness (QED) is 0.313. The molecule has 100 valence electrons. The molecule has 0 amide bonds. The Morgan fingerprint density at radius 2 is 1.94 bits per heavy atom. The van der Waals surface area contributed by atoms with Crippen molar-refractivity contribution in [2.75, 3.05) is 0 Å². The fourth-order valence-electron chi connectivity index (χ4n) is 1.95. The number of benzene rings is 1. The second-order valence-electron chi connectivity index (χ2n) is 4.82. The van der Waals surface area contributed by atoms with Crippen LogP contribution in [0.3, 0.4) is 0 Å². The number of nitrogens with two attached hydrogens (primary N) is 1. The molecule has 0 radical (unpaired) electrons. The highest BCUT2D eigenvalue weighted by Gasteiger charge is 2.09. The average Bonchev–Trinajstić information content (AvgIpc) is 2.39. The monoisotopic (exact) mass is 249 g/mol. The van der Waals surface area contributed by atoms with Crippen molar-refractivity contribution in [3.63, 3.8) is 0 Å². The van der Waals surface area contributed by atoms with Crippen molar-refractivity contribution >= 4 is 5.84 Å². The highest BCUT2D eigenvalue weighted by molar-refractivity contribution is 5.96. The van der Waals surface area contributed by atoms with Crippen LogP contribution in [0.25, 0.3) is 0 Å². The minimum atomic E-state index is 0.142. The van der Waals surface area contributed by atoms with Crippen molar-refractivity contribution in [1.29, 1.82) is 0 Å². The first kappa shape index (κ1) is 14.5. The lowest BCUT2D eigenvalue weighted by atomic mass is 10.0. The molecule has 1 rings (SSSR count). The van der Waals surface area contributed by atoms with Gasteiger partial charge in [-0.3, -0.25) is 0 Å². The standard InChI is InChI=1S/C14H23N3O/c1-4-13(10(2)3)16-9-11-5-7-12(8-6-11)14(15)17-18/h5-8,10,13,16,18H,4,9H2,1-3H3,(H2,15,17). The van der Waals surface area contributed by atoms with Gasteiger partial charge in [0.2, 0.25) is 0 Å². The molecule has 18 heavy (non-hydrogen) atoms. The fourth-order valence-corrected chi connectivity index (χ4v) is 1.95. The summed E-state index contributed by atoms with van der Waals surface area (Å²) in [5.41, 5.74) is 7.44. The van der Waals surface area contributed by atoms with Crippen LogP contribution in [-0.2, 0) is 6.54 Å². The number of oxime groups is 1. The number of nitrogens with zero attached hydrogens (tertiary/aromatic N) is 1. The summed E-state index contributed by atoms with van der Waals surface area (Å²) >= 11 is 0. The molecule has 4 N–H and O–H groups in total. The number of rotatable bonds is 6. The molecule has 0 saturated carbocycles. The molecule has 0 aromatic heterocycles. The first-order valence-corrected chi connectivity index (χ1v) is 6.38. The minimum Gasteiger partial charge on any atom is -0.409 e. The molecule has 0 bridgehead atoms. The van der Waals surface area contributed by atoms with Crippen LogP contribution in [0.15, 0.2) is 29.4 Å². The van der Waals surface area contributed by atoms with Gasteiger partial charge in [0.25, 0.3) is 0 Å². The summed E-state index contributed by atoms with van der Waals surface area (Å²) in [5, 5.41) is 15.1. The van der Waals surface area contributed by atoms with E-state index in [1.165, 1.54) is 5.56 Å². The highest BCUT2D eigenvalue weighted by Crippen LogP contribution is 2.08. The van der Waals surface area contributed by atoms with Crippen molar-refractivity contribution < 1.29 is 5.21 Å². The van der Waals surface area contributed by atoms with Crippen LogP contribution in [-0.4, -0.2) is 17.1 Å². The van der Waals surface area contributed by atoms with E-state index in [-0.39, 0.29) is 5.84 Å². The summed E-state index contributed by atoms with van der Waals surface area (Å²) in [4.78, 5) is 0. The smallest absolute Gasteiger partial charge is 0.170 e. The normalized spacial score (nSPS) is 13.9. The predicted molar refractivity (Wildman–Crippen MR) is 74.7 cm³/mol. The SMILES string of the molecule is CCC(NCc1ccc(/C(N)=N/O)cc1)C(C)C. The van der Waals surface area contributed by atoms with Crippen molar-refractivity contribution in [1.82, 2.24) is 5.32 Å². The average molecular weight is 249 g/mol. The molecule has 1 atom stereocenters. The third kappa shape index (κ3) is 4.04. The van der Waals surface area contributed by atoms with Gasteiger partial charge in [-0.25, -0.2) is 0 Å². The Bertz CT molecular complexity index is 385. The molecule has 0 spiro atoms. The third-order valence-electron chi connectivity index (χ3n) is 3.17. The van der Waals surface area contributed by atoms with Crippen LogP contribution in [0, 0.1) is 5.92 Å². The lowest BCUT2D eigenvalue weighted by Crippen LogP contribution is -2.32. The van der Waals surface area contributed by atoms with Crippen LogP contribution in [0.4, 0.5) is 0 Å². The Morgan fingerprint density at radius 3 is 2.39 bits per heavy atom. The molecule has 4 nitrogen and oxygen atoms in total.